The molecule has 0 aliphatic carbocycles. The summed E-state index contributed by atoms with van der Waals surface area (Å²) in [7, 11) is 1.35. The van der Waals surface area contributed by atoms with Crippen molar-refractivity contribution in [3.63, 3.8) is 0 Å². The number of nitrogens with zero attached hydrogens (tertiary/aromatic N) is 2. The Morgan fingerprint density at radius 2 is 1.93 bits per heavy atom. The van der Waals surface area contributed by atoms with E-state index in [9.17, 15) is 4.79 Å². The highest BCUT2D eigenvalue weighted by Gasteiger charge is 2.25. The van der Waals surface area contributed by atoms with E-state index in [0.717, 1.165) is 30.9 Å². The molecule has 0 saturated carbocycles. The highest BCUT2D eigenvalue weighted by Crippen LogP contribution is 2.37. The number of carbonyl (C=O) groups is 1. The summed E-state index contributed by atoms with van der Waals surface area (Å²) in [5.74, 6) is 0.592. The molecule has 0 atom stereocenters. The second kappa shape index (κ2) is 10.2. The SMILES string of the molecule is CCCN(CC)c1cc(C)nc(Oc2ccc(Cl)cc2OCC)c1C(=O)OC. The predicted molar refractivity (Wildman–Crippen MR) is 111 cm³/mol. The van der Waals surface area contributed by atoms with Gasteiger partial charge in [0.25, 0.3) is 0 Å². The van der Waals surface area contributed by atoms with Crippen LogP contribution in [-0.2, 0) is 4.74 Å². The van der Waals surface area contributed by atoms with E-state index < -0.39 is 5.97 Å². The third-order valence-electron chi connectivity index (χ3n) is 4.11. The zero-order chi connectivity index (χ0) is 20.7. The fourth-order valence-electron chi connectivity index (χ4n) is 2.90. The van der Waals surface area contributed by atoms with Crippen molar-refractivity contribution < 1.29 is 19.0 Å². The Hall–Kier alpha value is -2.47. The summed E-state index contributed by atoms with van der Waals surface area (Å²) in [6.45, 7) is 9.86. The number of hydrogen-bond acceptors (Lipinski definition) is 6. The van der Waals surface area contributed by atoms with E-state index in [-0.39, 0.29) is 5.88 Å². The topological polar surface area (TPSA) is 60.9 Å². The van der Waals surface area contributed by atoms with Crippen LogP contribution in [0.3, 0.4) is 0 Å². The molecule has 0 fully saturated rings. The summed E-state index contributed by atoms with van der Waals surface area (Å²) in [5.41, 5.74) is 1.77. The fourth-order valence-corrected chi connectivity index (χ4v) is 3.06. The van der Waals surface area contributed by atoms with Crippen LogP contribution in [0, 0.1) is 6.92 Å². The minimum absolute atomic E-state index is 0.180. The number of aryl methyl sites for hydroxylation is 1. The zero-order valence-electron chi connectivity index (χ0n) is 17.0. The minimum Gasteiger partial charge on any atom is -0.490 e. The summed E-state index contributed by atoms with van der Waals surface area (Å²) in [6, 6.07) is 6.94. The second-order valence-electron chi connectivity index (χ2n) is 6.16. The standard InChI is InChI=1S/C21H27ClN2O4/c1-6-11-24(7-2)16-12-14(4)23-20(19(16)21(25)26-5)28-17-10-9-15(22)13-18(17)27-8-3/h9-10,12-13H,6-8,11H2,1-5H3. The smallest absolute Gasteiger partial charge is 0.345 e. The van der Waals surface area contributed by atoms with Gasteiger partial charge in [0.15, 0.2) is 11.5 Å². The lowest BCUT2D eigenvalue weighted by Gasteiger charge is -2.26. The molecular weight excluding hydrogens is 380 g/mol. The normalized spacial score (nSPS) is 10.5. The molecule has 6 nitrogen and oxygen atoms in total. The summed E-state index contributed by atoms with van der Waals surface area (Å²) in [6.07, 6.45) is 0.942. The number of carbonyl (C=O) groups excluding carboxylic acids is 1. The number of aromatic nitrogens is 1. The van der Waals surface area contributed by atoms with Crippen LogP contribution in [0.15, 0.2) is 24.3 Å². The summed E-state index contributed by atoms with van der Waals surface area (Å²) >= 11 is 6.07. The van der Waals surface area contributed by atoms with Crippen LogP contribution in [0.4, 0.5) is 5.69 Å². The molecule has 0 aliphatic rings. The van der Waals surface area contributed by atoms with Crippen LogP contribution in [0.2, 0.25) is 5.02 Å². The first-order valence-corrected chi connectivity index (χ1v) is 9.77. The van der Waals surface area contributed by atoms with E-state index in [1.54, 1.807) is 18.2 Å². The number of methoxy groups -OCH3 is 1. The van der Waals surface area contributed by atoms with E-state index in [0.29, 0.717) is 28.7 Å². The third kappa shape index (κ3) is 5.07. The maximum Gasteiger partial charge on any atom is 0.345 e. The van der Waals surface area contributed by atoms with Gasteiger partial charge in [-0.1, -0.05) is 18.5 Å². The first-order valence-electron chi connectivity index (χ1n) is 9.40. The molecule has 2 rings (SSSR count). The van der Waals surface area contributed by atoms with Crippen molar-refractivity contribution in [3.05, 3.63) is 40.5 Å². The lowest BCUT2D eigenvalue weighted by atomic mass is 10.1. The first-order chi connectivity index (χ1) is 13.4. The highest BCUT2D eigenvalue weighted by atomic mass is 35.5. The number of pyridine rings is 1. The van der Waals surface area contributed by atoms with Crippen molar-refractivity contribution in [1.82, 2.24) is 4.98 Å². The van der Waals surface area contributed by atoms with Gasteiger partial charge in [-0.15, -0.1) is 0 Å². The Labute approximate surface area is 171 Å². The first kappa shape index (κ1) is 21.8. The van der Waals surface area contributed by atoms with Crippen LogP contribution in [0.5, 0.6) is 17.4 Å². The molecule has 0 saturated heterocycles. The lowest BCUT2D eigenvalue weighted by molar-refractivity contribution is 0.0597. The Morgan fingerprint density at radius 3 is 2.54 bits per heavy atom. The van der Waals surface area contributed by atoms with Gasteiger partial charge in [-0.2, -0.15) is 0 Å². The van der Waals surface area contributed by atoms with Crippen LogP contribution in [0.1, 0.15) is 43.2 Å². The molecule has 0 spiro atoms. The molecule has 1 aromatic heterocycles. The summed E-state index contributed by atoms with van der Waals surface area (Å²) < 4.78 is 16.7. The molecule has 0 N–H and O–H groups in total. The van der Waals surface area contributed by atoms with Gasteiger partial charge in [0.2, 0.25) is 5.88 Å². The summed E-state index contributed by atoms with van der Waals surface area (Å²) in [5, 5.41) is 0.530. The maximum atomic E-state index is 12.6. The Morgan fingerprint density at radius 1 is 1.18 bits per heavy atom. The van der Waals surface area contributed by atoms with E-state index in [4.69, 9.17) is 25.8 Å². The van der Waals surface area contributed by atoms with E-state index >= 15 is 0 Å². The molecule has 1 aromatic carbocycles. The fraction of sp³-hybridized carbons (Fsp3) is 0.429. The van der Waals surface area contributed by atoms with Crippen LogP contribution in [-0.4, -0.2) is 37.8 Å². The number of esters is 1. The summed E-state index contributed by atoms with van der Waals surface area (Å²) in [4.78, 5) is 19.2. The predicted octanol–water partition coefficient (Wildman–Crippen LogP) is 5.26. The number of ether oxygens (including phenoxy) is 3. The molecule has 0 radical (unpaired) electrons. The molecule has 7 heteroatoms. The molecule has 1 heterocycles. The van der Waals surface area contributed by atoms with Gasteiger partial charge in [-0.25, -0.2) is 9.78 Å². The maximum absolute atomic E-state index is 12.6. The van der Waals surface area contributed by atoms with Crippen molar-refractivity contribution in [1.29, 1.82) is 0 Å². The molecule has 152 valence electrons. The monoisotopic (exact) mass is 406 g/mol. The lowest BCUT2D eigenvalue weighted by Crippen LogP contribution is -2.26. The molecule has 0 bridgehead atoms. The minimum atomic E-state index is -0.501. The van der Waals surface area contributed by atoms with Crippen molar-refractivity contribution in [2.75, 3.05) is 31.7 Å². The number of anilines is 1. The van der Waals surface area contributed by atoms with Gasteiger partial charge >= 0.3 is 5.97 Å². The molecule has 0 unspecified atom stereocenters. The van der Waals surface area contributed by atoms with Gasteiger partial charge in [0.05, 0.1) is 19.4 Å². The van der Waals surface area contributed by atoms with Crippen molar-refractivity contribution in [2.24, 2.45) is 0 Å². The molecule has 28 heavy (non-hydrogen) atoms. The van der Waals surface area contributed by atoms with Gasteiger partial charge in [-0.3, -0.25) is 0 Å². The van der Waals surface area contributed by atoms with Gasteiger partial charge in [0, 0.05) is 29.9 Å². The average molecular weight is 407 g/mol. The van der Waals surface area contributed by atoms with Gasteiger partial charge in [-0.05, 0) is 45.4 Å². The Kier molecular flexibility index (Phi) is 7.93. The van der Waals surface area contributed by atoms with Gasteiger partial charge < -0.3 is 19.1 Å². The quantitative estimate of drug-likeness (QED) is 0.529. The largest absolute Gasteiger partial charge is 0.490 e. The molecule has 2 aromatic rings. The van der Waals surface area contributed by atoms with Crippen molar-refractivity contribution >= 4 is 23.3 Å². The number of hydrogen-bond donors (Lipinski definition) is 0. The number of benzene rings is 1. The van der Waals surface area contributed by atoms with E-state index in [1.807, 2.05) is 26.8 Å². The van der Waals surface area contributed by atoms with Gasteiger partial charge in [0.1, 0.15) is 5.56 Å². The average Bonchev–Trinajstić information content (AvgIpc) is 2.67. The molecule has 0 amide bonds. The van der Waals surface area contributed by atoms with Crippen molar-refractivity contribution in [2.45, 2.75) is 34.1 Å². The van der Waals surface area contributed by atoms with E-state index in [1.165, 1.54) is 7.11 Å². The Bertz CT molecular complexity index is 826. The molecular formula is C21H27ClN2O4. The van der Waals surface area contributed by atoms with E-state index in [2.05, 4.69) is 16.8 Å². The van der Waals surface area contributed by atoms with Crippen LogP contribution >= 0.6 is 11.6 Å². The highest BCUT2D eigenvalue weighted by molar-refractivity contribution is 6.30. The molecule has 0 aliphatic heterocycles. The second-order valence-corrected chi connectivity index (χ2v) is 6.60. The third-order valence-corrected chi connectivity index (χ3v) is 4.35. The van der Waals surface area contributed by atoms with Crippen LogP contribution < -0.4 is 14.4 Å². The number of rotatable bonds is 9. The van der Waals surface area contributed by atoms with Crippen molar-refractivity contribution in [3.8, 4) is 17.4 Å². The van der Waals surface area contributed by atoms with Crippen LogP contribution in [0.25, 0.3) is 0 Å². The Balaban J connectivity index is 2.60. The zero-order valence-corrected chi connectivity index (χ0v) is 17.8. The number of halogens is 1.